The third-order valence-corrected chi connectivity index (χ3v) is 5.68. The van der Waals surface area contributed by atoms with Crippen LogP contribution in [0.4, 0.5) is 0 Å². The topological polar surface area (TPSA) is 63.9 Å². The molecule has 1 saturated heterocycles. The normalized spacial score (nSPS) is 17.5. The Kier molecular flexibility index (Phi) is 4.42. The van der Waals surface area contributed by atoms with Crippen LogP contribution >= 0.6 is 0 Å². The van der Waals surface area contributed by atoms with Gasteiger partial charge in [-0.1, -0.05) is 12.1 Å². The highest BCUT2D eigenvalue weighted by Gasteiger charge is 2.29. The van der Waals surface area contributed by atoms with E-state index in [4.69, 9.17) is 4.98 Å². The van der Waals surface area contributed by atoms with Gasteiger partial charge in [0.25, 0.3) is 5.91 Å². The minimum absolute atomic E-state index is 0.0839. The molecule has 0 saturated carbocycles. The lowest BCUT2D eigenvalue weighted by atomic mass is 9.95. The number of hydrogen-bond donors (Lipinski definition) is 0. The molecule has 3 heterocycles. The van der Waals surface area contributed by atoms with Crippen LogP contribution < -0.4 is 0 Å². The van der Waals surface area contributed by atoms with Gasteiger partial charge in [-0.25, -0.2) is 0 Å². The summed E-state index contributed by atoms with van der Waals surface area (Å²) >= 11 is 0. The molecule has 0 aliphatic carbocycles. The molecule has 0 bridgehead atoms. The van der Waals surface area contributed by atoms with Crippen LogP contribution in [0.2, 0.25) is 0 Å². The summed E-state index contributed by atoms with van der Waals surface area (Å²) in [6.45, 7) is 7.57. The molecule has 27 heavy (non-hydrogen) atoms. The minimum atomic E-state index is 0.0839. The van der Waals surface area contributed by atoms with Crippen LogP contribution in [0.15, 0.2) is 24.5 Å². The Morgan fingerprint density at radius 3 is 2.78 bits per heavy atom. The minimum Gasteiger partial charge on any atom is -0.338 e. The Bertz CT molecular complexity index is 1020. The zero-order chi connectivity index (χ0) is 19.1. The van der Waals surface area contributed by atoms with Crippen LogP contribution in [0.25, 0.3) is 10.9 Å². The number of hydrogen-bond acceptors (Lipinski definition) is 4. The molecule has 1 aliphatic heterocycles. The van der Waals surface area contributed by atoms with Crippen molar-refractivity contribution in [3.63, 3.8) is 0 Å². The van der Waals surface area contributed by atoms with Crippen LogP contribution in [-0.4, -0.2) is 43.6 Å². The molecule has 2 aromatic heterocycles. The second-order valence-electron chi connectivity index (χ2n) is 7.61. The number of fused-ring (bicyclic) bond motifs is 1. The van der Waals surface area contributed by atoms with Crippen molar-refractivity contribution < 1.29 is 4.79 Å². The van der Waals surface area contributed by atoms with E-state index in [1.807, 2.05) is 35.6 Å². The SMILES string of the molecule is Cc1cc(C(=O)N2CCC[C@@H](c3nncn3C)C2)c2ccc(C)c(C)c2n1. The molecular weight excluding hydrogens is 338 g/mol. The Morgan fingerprint density at radius 2 is 2.04 bits per heavy atom. The number of pyridine rings is 1. The fourth-order valence-corrected chi connectivity index (χ4v) is 4.04. The maximum atomic E-state index is 13.4. The molecule has 1 atom stereocenters. The van der Waals surface area contributed by atoms with Gasteiger partial charge in [-0.15, -0.1) is 10.2 Å². The van der Waals surface area contributed by atoms with E-state index < -0.39 is 0 Å². The van der Waals surface area contributed by atoms with Crippen LogP contribution in [-0.2, 0) is 7.05 Å². The first-order chi connectivity index (χ1) is 13.0. The van der Waals surface area contributed by atoms with Crippen molar-refractivity contribution in [1.82, 2.24) is 24.6 Å². The van der Waals surface area contributed by atoms with E-state index in [2.05, 4.69) is 30.1 Å². The fourth-order valence-electron chi connectivity index (χ4n) is 4.04. The number of benzene rings is 1. The number of carbonyl (C=O) groups excluding carboxylic acids is 1. The second-order valence-corrected chi connectivity index (χ2v) is 7.61. The summed E-state index contributed by atoms with van der Waals surface area (Å²) in [5, 5.41) is 9.19. The number of likely N-dealkylation sites (tertiary alicyclic amines) is 1. The van der Waals surface area contributed by atoms with E-state index in [1.165, 1.54) is 5.56 Å². The maximum absolute atomic E-state index is 13.4. The summed E-state index contributed by atoms with van der Waals surface area (Å²) < 4.78 is 1.96. The molecule has 0 radical (unpaired) electrons. The van der Waals surface area contributed by atoms with Gasteiger partial charge in [0.15, 0.2) is 0 Å². The van der Waals surface area contributed by atoms with Crippen molar-refractivity contribution >= 4 is 16.8 Å². The molecule has 1 aromatic carbocycles. The smallest absolute Gasteiger partial charge is 0.254 e. The van der Waals surface area contributed by atoms with Gasteiger partial charge >= 0.3 is 0 Å². The van der Waals surface area contributed by atoms with Gasteiger partial charge in [-0.2, -0.15) is 0 Å². The third kappa shape index (κ3) is 3.09. The number of nitrogens with zero attached hydrogens (tertiary/aromatic N) is 5. The van der Waals surface area contributed by atoms with Crippen molar-refractivity contribution in [2.75, 3.05) is 13.1 Å². The van der Waals surface area contributed by atoms with E-state index in [0.29, 0.717) is 6.54 Å². The van der Waals surface area contributed by atoms with Crippen molar-refractivity contribution in [3.05, 3.63) is 52.7 Å². The van der Waals surface area contributed by atoms with E-state index in [0.717, 1.165) is 52.9 Å². The van der Waals surface area contributed by atoms with Crippen LogP contribution in [0, 0.1) is 20.8 Å². The number of carbonyl (C=O) groups is 1. The standard InChI is InChI=1S/C21H25N5O/c1-13-7-8-17-18(10-14(2)23-19(17)15(13)3)21(27)26-9-5-6-16(11-26)20-24-22-12-25(20)4/h7-8,10,12,16H,5-6,9,11H2,1-4H3/t16-/m1/s1. The number of aromatic nitrogens is 4. The van der Waals surface area contributed by atoms with Gasteiger partial charge in [-0.05, 0) is 50.8 Å². The van der Waals surface area contributed by atoms with Crippen molar-refractivity contribution in [2.24, 2.45) is 7.05 Å². The average molecular weight is 363 g/mol. The Hall–Kier alpha value is -2.76. The molecule has 4 rings (SSSR count). The highest BCUT2D eigenvalue weighted by Crippen LogP contribution is 2.29. The molecule has 6 heteroatoms. The highest BCUT2D eigenvalue weighted by molar-refractivity contribution is 6.07. The van der Waals surface area contributed by atoms with Gasteiger partial charge < -0.3 is 9.47 Å². The van der Waals surface area contributed by atoms with Gasteiger partial charge in [0.05, 0.1) is 11.1 Å². The monoisotopic (exact) mass is 363 g/mol. The lowest BCUT2D eigenvalue weighted by Crippen LogP contribution is -2.39. The molecule has 1 amide bonds. The Morgan fingerprint density at radius 1 is 1.22 bits per heavy atom. The lowest BCUT2D eigenvalue weighted by Gasteiger charge is -2.32. The zero-order valence-electron chi connectivity index (χ0n) is 16.4. The number of piperidine rings is 1. The molecule has 6 nitrogen and oxygen atoms in total. The van der Waals surface area contributed by atoms with Gasteiger partial charge in [-0.3, -0.25) is 9.78 Å². The predicted molar refractivity (Wildman–Crippen MR) is 105 cm³/mol. The van der Waals surface area contributed by atoms with Crippen molar-refractivity contribution in [1.29, 1.82) is 0 Å². The van der Waals surface area contributed by atoms with Crippen LogP contribution in [0.5, 0.6) is 0 Å². The first-order valence-corrected chi connectivity index (χ1v) is 9.46. The summed E-state index contributed by atoms with van der Waals surface area (Å²) in [5.41, 5.74) is 4.89. The van der Waals surface area contributed by atoms with Crippen molar-refractivity contribution in [2.45, 2.75) is 39.5 Å². The molecule has 0 unspecified atom stereocenters. The average Bonchev–Trinajstić information content (AvgIpc) is 3.10. The second kappa shape index (κ2) is 6.76. The lowest BCUT2D eigenvalue weighted by molar-refractivity contribution is 0.0705. The third-order valence-electron chi connectivity index (χ3n) is 5.68. The molecule has 0 N–H and O–H groups in total. The fraction of sp³-hybridized carbons (Fsp3) is 0.429. The van der Waals surface area contributed by atoms with Crippen LogP contribution in [0.1, 0.15) is 51.8 Å². The van der Waals surface area contributed by atoms with Gasteiger partial charge in [0.2, 0.25) is 0 Å². The Balaban J connectivity index is 1.70. The zero-order valence-corrected chi connectivity index (χ0v) is 16.4. The molecular formula is C21H25N5O. The van der Waals surface area contributed by atoms with Crippen molar-refractivity contribution in [3.8, 4) is 0 Å². The molecule has 1 fully saturated rings. The summed E-state index contributed by atoms with van der Waals surface area (Å²) in [7, 11) is 1.96. The van der Waals surface area contributed by atoms with E-state index >= 15 is 0 Å². The van der Waals surface area contributed by atoms with Gasteiger partial charge in [0, 0.05) is 37.1 Å². The van der Waals surface area contributed by atoms with E-state index in [9.17, 15) is 4.79 Å². The van der Waals surface area contributed by atoms with E-state index in [1.54, 1.807) is 6.33 Å². The molecule has 1 aliphatic rings. The quantitative estimate of drug-likeness (QED) is 0.701. The van der Waals surface area contributed by atoms with E-state index in [-0.39, 0.29) is 11.8 Å². The maximum Gasteiger partial charge on any atom is 0.254 e. The predicted octanol–water partition coefficient (Wildman–Crippen LogP) is 3.31. The first kappa shape index (κ1) is 17.6. The largest absolute Gasteiger partial charge is 0.338 e. The Labute approximate surface area is 159 Å². The number of amides is 1. The molecule has 140 valence electrons. The molecule has 0 spiro atoms. The highest BCUT2D eigenvalue weighted by atomic mass is 16.2. The summed E-state index contributed by atoms with van der Waals surface area (Å²) in [4.78, 5) is 20.1. The summed E-state index contributed by atoms with van der Waals surface area (Å²) in [5.74, 6) is 1.27. The number of rotatable bonds is 2. The summed E-state index contributed by atoms with van der Waals surface area (Å²) in [6.07, 6.45) is 3.73. The summed E-state index contributed by atoms with van der Waals surface area (Å²) in [6, 6.07) is 6.02. The number of aryl methyl sites for hydroxylation is 4. The first-order valence-electron chi connectivity index (χ1n) is 9.46. The van der Waals surface area contributed by atoms with Crippen LogP contribution in [0.3, 0.4) is 0 Å². The van der Waals surface area contributed by atoms with Gasteiger partial charge in [0.1, 0.15) is 12.2 Å². The molecule has 3 aromatic rings.